The summed E-state index contributed by atoms with van der Waals surface area (Å²) in [6.07, 6.45) is 8.28. The lowest BCUT2D eigenvalue weighted by molar-refractivity contribution is 0.130. The molecule has 0 unspecified atom stereocenters. The van der Waals surface area contributed by atoms with Gasteiger partial charge in [-0.15, -0.1) is 0 Å². The van der Waals surface area contributed by atoms with Crippen LogP contribution in [0.1, 0.15) is 25.7 Å². The monoisotopic (exact) mass is 273 g/mol. The third kappa shape index (κ3) is 1.84. The smallest absolute Gasteiger partial charge is 0.410 e. The molecule has 0 radical (unpaired) electrons. The van der Waals surface area contributed by atoms with Crippen LogP contribution < -0.4 is 4.90 Å². The lowest BCUT2D eigenvalue weighted by Gasteiger charge is -2.28. The fourth-order valence-corrected chi connectivity index (χ4v) is 3.83. The molecule has 1 aliphatic carbocycles. The van der Waals surface area contributed by atoms with Gasteiger partial charge >= 0.3 is 6.09 Å². The number of nitrogens with zero attached hydrogens (tertiary/aromatic N) is 3. The Hall–Kier alpha value is -1.78. The zero-order valence-electron chi connectivity index (χ0n) is 11.4. The highest BCUT2D eigenvalue weighted by atomic mass is 16.6. The van der Waals surface area contributed by atoms with Crippen molar-refractivity contribution >= 4 is 11.8 Å². The summed E-state index contributed by atoms with van der Waals surface area (Å²) in [5.41, 5.74) is 1.16. The van der Waals surface area contributed by atoms with Gasteiger partial charge in [0.2, 0.25) is 0 Å². The number of carbonyl (C=O) groups excluding carboxylic acids is 1. The van der Waals surface area contributed by atoms with Gasteiger partial charge in [-0.25, -0.2) is 4.79 Å². The van der Waals surface area contributed by atoms with E-state index in [2.05, 4.69) is 9.88 Å². The molecule has 0 bridgehead atoms. The standard InChI is InChI=1S/C15H19N3O2/c19-15-18(12-3-1-2-4-12)13-9-17(10-14(13)20-15)11-5-7-16-8-6-11/h5-8,12-14H,1-4,9-10H2/t13-,14+/m0/s1. The van der Waals surface area contributed by atoms with Crippen LogP contribution in [0.15, 0.2) is 24.5 Å². The van der Waals surface area contributed by atoms with E-state index in [1.165, 1.54) is 12.8 Å². The number of hydrogen-bond acceptors (Lipinski definition) is 4. The van der Waals surface area contributed by atoms with E-state index >= 15 is 0 Å². The molecule has 0 aromatic carbocycles. The summed E-state index contributed by atoms with van der Waals surface area (Å²) in [6, 6.07) is 4.65. The molecule has 4 rings (SSSR count). The van der Waals surface area contributed by atoms with Crippen LogP contribution in [0.25, 0.3) is 0 Å². The molecule has 2 saturated heterocycles. The summed E-state index contributed by atoms with van der Waals surface area (Å²) < 4.78 is 5.59. The quantitative estimate of drug-likeness (QED) is 0.827. The molecular weight excluding hydrogens is 254 g/mol. The van der Waals surface area contributed by atoms with Crippen molar-refractivity contribution in [3.8, 4) is 0 Å². The lowest BCUT2D eigenvalue weighted by Crippen LogP contribution is -2.43. The van der Waals surface area contributed by atoms with Gasteiger partial charge < -0.3 is 9.64 Å². The van der Waals surface area contributed by atoms with Gasteiger partial charge in [0.25, 0.3) is 0 Å². The minimum Gasteiger partial charge on any atom is -0.442 e. The third-order valence-electron chi connectivity index (χ3n) is 4.80. The van der Waals surface area contributed by atoms with Crippen molar-refractivity contribution in [2.24, 2.45) is 0 Å². The first-order valence-electron chi connectivity index (χ1n) is 7.47. The molecule has 1 aromatic heterocycles. The summed E-state index contributed by atoms with van der Waals surface area (Å²) in [5.74, 6) is 0. The zero-order chi connectivity index (χ0) is 13.5. The molecular formula is C15H19N3O2. The fourth-order valence-electron chi connectivity index (χ4n) is 3.83. The van der Waals surface area contributed by atoms with E-state index in [9.17, 15) is 4.79 Å². The maximum Gasteiger partial charge on any atom is 0.410 e. The summed E-state index contributed by atoms with van der Waals surface area (Å²) in [7, 11) is 0. The van der Waals surface area contributed by atoms with E-state index in [4.69, 9.17) is 4.74 Å². The van der Waals surface area contributed by atoms with E-state index in [0.717, 1.165) is 31.6 Å². The van der Waals surface area contributed by atoms with Crippen molar-refractivity contribution in [1.29, 1.82) is 0 Å². The van der Waals surface area contributed by atoms with Gasteiger partial charge in [-0.05, 0) is 25.0 Å². The largest absolute Gasteiger partial charge is 0.442 e. The Kier molecular flexibility index (Phi) is 2.79. The molecule has 0 N–H and O–H groups in total. The highest BCUT2D eigenvalue weighted by Gasteiger charge is 2.50. The molecule has 20 heavy (non-hydrogen) atoms. The van der Waals surface area contributed by atoms with E-state index in [-0.39, 0.29) is 18.2 Å². The van der Waals surface area contributed by atoms with E-state index in [0.29, 0.717) is 6.04 Å². The molecule has 3 aliphatic rings. The average Bonchev–Trinajstić information content (AvgIpc) is 3.15. The zero-order valence-corrected chi connectivity index (χ0v) is 11.4. The van der Waals surface area contributed by atoms with Crippen LogP contribution in [-0.4, -0.2) is 47.3 Å². The highest BCUT2D eigenvalue weighted by molar-refractivity contribution is 5.72. The first-order chi connectivity index (χ1) is 9.83. The number of pyridine rings is 1. The Balaban J connectivity index is 1.53. The van der Waals surface area contributed by atoms with E-state index < -0.39 is 0 Å². The van der Waals surface area contributed by atoms with Crippen LogP contribution in [0.3, 0.4) is 0 Å². The van der Waals surface area contributed by atoms with Crippen molar-refractivity contribution in [2.45, 2.75) is 43.9 Å². The van der Waals surface area contributed by atoms with Gasteiger partial charge in [0.05, 0.1) is 12.6 Å². The first-order valence-corrected chi connectivity index (χ1v) is 7.47. The second-order valence-corrected chi connectivity index (χ2v) is 5.95. The number of aromatic nitrogens is 1. The van der Waals surface area contributed by atoms with Gasteiger partial charge in [0.15, 0.2) is 0 Å². The molecule has 1 aromatic rings. The highest BCUT2D eigenvalue weighted by Crippen LogP contribution is 2.35. The molecule has 2 aliphatic heterocycles. The number of anilines is 1. The molecule has 5 heteroatoms. The number of ether oxygens (including phenoxy) is 1. The molecule has 1 saturated carbocycles. The Morgan fingerprint density at radius 3 is 2.65 bits per heavy atom. The second kappa shape index (κ2) is 4.65. The van der Waals surface area contributed by atoms with Gasteiger partial charge in [-0.3, -0.25) is 9.88 Å². The molecule has 106 valence electrons. The summed E-state index contributed by atoms with van der Waals surface area (Å²) in [6.45, 7) is 1.67. The SMILES string of the molecule is O=C1O[C@@H]2CN(c3ccncc3)C[C@@H]2N1C1CCCC1. The van der Waals surface area contributed by atoms with Crippen LogP contribution in [0.2, 0.25) is 0 Å². The molecule has 5 nitrogen and oxygen atoms in total. The minimum absolute atomic E-state index is 0.0243. The normalized spacial score (nSPS) is 29.9. The first kappa shape index (κ1) is 12.0. The third-order valence-corrected chi connectivity index (χ3v) is 4.80. The summed E-state index contributed by atoms with van der Waals surface area (Å²) in [4.78, 5) is 20.5. The van der Waals surface area contributed by atoms with E-state index in [1.807, 2.05) is 29.4 Å². The predicted octanol–water partition coefficient (Wildman–Crippen LogP) is 2.03. The number of fused-ring (bicyclic) bond motifs is 1. The number of amides is 1. The Morgan fingerprint density at radius 1 is 1.15 bits per heavy atom. The van der Waals surface area contributed by atoms with Gasteiger partial charge in [-0.2, -0.15) is 0 Å². The Labute approximate surface area is 118 Å². The summed E-state index contributed by atoms with van der Waals surface area (Å²) in [5, 5.41) is 0. The maximum absolute atomic E-state index is 12.1. The van der Waals surface area contributed by atoms with Crippen molar-refractivity contribution in [3.63, 3.8) is 0 Å². The number of rotatable bonds is 2. The molecule has 1 amide bonds. The second-order valence-electron chi connectivity index (χ2n) is 5.95. The molecule has 0 spiro atoms. The van der Waals surface area contributed by atoms with Crippen LogP contribution in [0, 0.1) is 0 Å². The van der Waals surface area contributed by atoms with Crippen molar-refractivity contribution in [1.82, 2.24) is 9.88 Å². The van der Waals surface area contributed by atoms with Crippen LogP contribution in [-0.2, 0) is 4.74 Å². The Morgan fingerprint density at radius 2 is 1.90 bits per heavy atom. The van der Waals surface area contributed by atoms with Gasteiger partial charge in [-0.1, -0.05) is 12.8 Å². The minimum atomic E-state index is -0.0960. The summed E-state index contributed by atoms with van der Waals surface area (Å²) >= 11 is 0. The van der Waals surface area contributed by atoms with Crippen LogP contribution in [0.4, 0.5) is 10.5 Å². The lowest BCUT2D eigenvalue weighted by atomic mass is 10.1. The predicted molar refractivity (Wildman–Crippen MR) is 74.6 cm³/mol. The molecule has 3 fully saturated rings. The molecule has 3 heterocycles. The number of hydrogen-bond donors (Lipinski definition) is 0. The fraction of sp³-hybridized carbons (Fsp3) is 0.600. The Bertz CT molecular complexity index is 501. The topological polar surface area (TPSA) is 45.7 Å². The molecule has 2 atom stereocenters. The van der Waals surface area contributed by atoms with Crippen LogP contribution in [0.5, 0.6) is 0 Å². The van der Waals surface area contributed by atoms with Gasteiger partial charge in [0, 0.05) is 30.7 Å². The maximum atomic E-state index is 12.1. The van der Waals surface area contributed by atoms with Gasteiger partial charge in [0.1, 0.15) is 6.10 Å². The van der Waals surface area contributed by atoms with Crippen LogP contribution >= 0.6 is 0 Å². The van der Waals surface area contributed by atoms with Crippen molar-refractivity contribution in [2.75, 3.05) is 18.0 Å². The van der Waals surface area contributed by atoms with E-state index in [1.54, 1.807) is 0 Å². The number of carbonyl (C=O) groups is 1. The van der Waals surface area contributed by atoms with Crippen molar-refractivity contribution < 1.29 is 9.53 Å². The average molecular weight is 273 g/mol. The van der Waals surface area contributed by atoms with Crippen molar-refractivity contribution in [3.05, 3.63) is 24.5 Å².